The molecule has 51 heavy (non-hydrogen) atoms. The quantitative estimate of drug-likeness (QED) is 0.114. The number of aliphatic imine (C=N–C) groups is 3. The van der Waals surface area contributed by atoms with Gasteiger partial charge in [0.1, 0.15) is 38.2 Å². The largest absolute Gasteiger partial charge is 0.383 e. The van der Waals surface area contributed by atoms with Gasteiger partial charge >= 0.3 is 0 Å². The molecule has 2 aromatic heterocycles. The van der Waals surface area contributed by atoms with Crippen LogP contribution in [0.25, 0.3) is 21.5 Å². The average molecular weight is 740 g/mol. The molecule has 2 aliphatic heterocycles. The highest BCUT2D eigenvalue weighted by Crippen LogP contribution is 2.40. The summed E-state index contributed by atoms with van der Waals surface area (Å²) in [4.78, 5) is 29.6. The summed E-state index contributed by atoms with van der Waals surface area (Å²) >= 11 is 0.973. The summed E-state index contributed by atoms with van der Waals surface area (Å²) in [6, 6.07) is 19.4. The molecule has 18 heteroatoms. The van der Waals surface area contributed by atoms with Crippen molar-refractivity contribution in [3.05, 3.63) is 112 Å². The topological polar surface area (TPSA) is 254 Å². The highest BCUT2D eigenvalue weighted by atomic mass is 32.2. The lowest BCUT2D eigenvalue weighted by atomic mass is 10.1. The summed E-state index contributed by atoms with van der Waals surface area (Å²) < 4.78 is 71.1. The highest BCUT2D eigenvalue weighted by Gasteiger charge is 2.31. The highest BCUT2D eigenvalue weighted by molar-refractivity contribution is 7.97. The fourth-order valence-electron chi connectivity index (χ4n) is 6.43. The van der Waals surface area contributed by atoms with Crippen LogP contribution in [0.5, 0.6) is 0 Å². The molecule has 0 saturated carbocycles. The fraction of sp³-hybridized carbons (Fsp3) is 0.0606. The van der Waals surface area contributed by atoms with Crippen molar-refractivity contribution in [1.82, 2.24) is 9.97 Å². The van der Waals surface area contributed by atoms with Gasteiger partial charge in [-0.25, -0.2) is 20.0 Å². The van der Waals surface area contributed by atoms with Crippen LogP contribution >= 0.6 is 11.9 Å². The first-order valence-electron chi connectivity index (χ1n) is 15.1. The van der Waals surface area contributed by atoms with Gasteiger partial charge in [-0.15, -0.1) is 0 Å². The Hall–Kier alpha value is -5.50. The SMILES string of the molecule is Cc1cccc2c3[nH]c(c12)=NCc1cccc(SN)c1/C(N)=N/c1[nH]c(c2c(S(=O)(=O)O)cccc12)/N=C1\N=C(N=3)c2c1cccc2S(=O)(=O)O. The Bertz CT molecular complexity index is 2970. The molecule has 0 saturated heterocycles. The molecule has 15 nitrogen and oxygen atoms in total. The lowest BCUT2D eigenvalue weighted by Gasteiger charge is -2.11. The number of nitrogens with zero attached hydrogens (tertiary/aromatic N) is 5. The van der Waals surface area contributed by atoms with Gasteiger partial charge < -0.3 is 15.7 Å². The van der Waals surface area contributed by atoms with Crippen molar-refractivity contribution in [2.75, 3.05) is 0 Å². The van der Waals surface area contributed by atoms with E-state index in [1.807, 2.05) is 37.3 Å². The number of aromatic amines is 2. The summed E-state index contributed by atoms with van der Waals surface area (Å²) in [5.74, 6) is -0.117. The van der Waals surface area contributed by atoms with Gasteiger partial charge in [0.05, 0.1) is 12.1 Å². The molecule has 4 aromatic carbocycles. The van der Waals surface area contributed by atoms with E-state index in [0.29, 0.717) is 32.4 Å². The molecule has 0 spiro atoms. The number of aryl methyl sites for hydroxylation is 1. The Morgan fingerprint density at radius 1 is 0.706 bits per heavy atom. The van der Waals surface area contributed by atoms with Crippen molar-refractivity contribution in [3.8, 4) is 0 Å². The zero-order valence-corrected chi connectivity index (χ0v) is 28.7. The number of amidine groups is 3. The van der Waals surface area contributed by atoms with Crippen LogP contribution in [0.2, 0.25) is 0 Å². The molecular formula is C33H25N9O6S3. The molecule has 8 N–H and O–H groups in total. The van der Waals surface area contributed by atoms with E-state index in [1.165, 1.54) is 24.3 Å². The number of rotatable bonds is 3. The number of fused-ring (bicyclic) bond motifs is 15. The van der Waals surface area contributed by atoms with Gasteiger partial charge in [0, 0.05) is 37.6 Å². The zero-order chi connectivity index (χ0) is 35.8. The van der Waals surface area contributed by atoms with Crippen LogP contribution in [0.15, 0.2) is 112 Å². The van der Waals surface area contributed by atoms with Crippen molar-refractivity contribution in [2.24, 2.45) is 35.8 Å². The second-order valence-corrected chi connectivity index (χ2v) is 15.1. The monoisotopic (exact) mass is 739 g/mol. The summed E-state index contributed by atoms with van der Waals surface area (Å²) in [6.07, 6.45) is 0. The molecule has 4 heterocycles. The zero-order valence-electron chi connectivity index (χ0n) is 26.3. The Balaban J connectivity index is 1.55. The van der Waals surface area contributed by atoms with Crippen LogP contribution in [-0.4, -0.2) is 53.4 Å². The van der Waals surface area contributed by atoms with Gasteiger partial charge in [0.25, 0.3) is 20.2 Å². The third kappa shape index (κ3) is 5.44. The van der Waals surface area contributed by atoms with Crippen LogP contribution in [0, 0.1) is 6.92 Å². The van der Waals surface area contributed by atoms with E-state index in [2.05, 4.69) is 24.9 Å². The second-order valence-electron chi connectivity index (χ2n) is 11.7. The van der Waals surface area contributed by atoms with E-state index in [9.17, 15) is 25.9 Å². The molecule has 256 valence electrons. The minimum Gasteiger partial charge on any atom is -0.383 e. The molecule has 0 atom stereocenters. The minimum absolute atomic E-state index is 0.0251. The van der Waals surface area contributed by atoms with Crippen molar-refractivity contribution in [1.29, 1.82) is 0 Å². The minimum atomic E-state index is -4.80. The van der Waals surface area contributed by atoms with Gasteiger partial charge in [0.15, 0.2) is 11.7 Å². The number of benzene rings is 4. The van der Waals surface area contributed by atoms with Crippen LogP contribution in [0.3, 0.4) is 0 Å². The second kappa shape index (κ2) is 11.8. The maximum Gasteiger partial charge on any atom is 0.295 e. The van der Waals surface area contributed by atoms with E-state index in [4.69, 9.17) is 20.9 Å². The van der Waals surface area contributed by atoms with Gasteiger partial charge in [-0.2, -0.15) is 16.8 Å². The standard InChI is InChI=1S/C33H25N9O6S3/c1-15-6-2-8-17-23(15)31-36-14-16-7-3-11-20(49-35)24(16)27(34)37-28-18-9-4-12-21(50(43,44)45)25(18)32(39-28)41-30-19-10-5-13-22(51(46,47)48)26(19)33(42-30)40-29(17)38-31/h2-13,39H,14,35H2,1H3,(H2,34,37)(H,43,44,45)(H,46,47,48)(H,36,38,40,41,42). The first kappa shape index (κ1) is 32.7. The summed E-state index contributed by atoms with van der Waals surface area (Å²) in [7, 11) is -9.58. The van der Waals surface area contributed by atoms with E-state index < -0.39 is 30.0 Å². The van der Waals surface area contributed by atoms with E-state index in [0.717, 1.165) is 22.9 Å². The molecule has 0 radical (unpaired) electrons. The van der Waals surface area contributed by atoms with E-state index in [1.54, 1.807) is 18.2 Å². The molecule has 0 unspecified atom stereocenters. The molecule has 2 aliphatic rings. The van der Waals surface area contributed by atoms with E-state index in [-0.39, 0.29) is 57.6 Å². The Labute approximate surface area is 293 Å². The Kier molecular flexibility index (Phi) is 7.56. The number of H-pyrrole nitrogens is 2. The van der Waals surface area contributed by atoms with Gasteiger partial charge in [-0.05, 0) is 48.2 Å². The molecule has 6 bridgehead atoms. The van der Waals surface area contributed by atoms with Crippen LogP contribution in [0.1, 0.15) is 27.8 Å². The number of nitrogens with one attached hydrogen (secondary N) is 2. The smallest absolute Gasteiger partial charge is 0.295 e. The lowest BCUT2D eigenvalue weighted by molar-refractivity contribution is 0.481. The van der Waals surface area contributed by atoms with Gasteiger partial charge in [0.2, 0.25) is 0 Å². The summed E-state index contributed by atoms with van der Waals surface area (Å²) in [5, 5.41) is 7.72. The normalized spacial score (nSPS) is 16.6. The van der Waals surface area contributed by atoms with Crippen LogP contribution in [-0.2, 0) is 26.8 Å². The molecule has 6 aromatic rings. The Morgan fingerprint density at radius 2 is 1.41 bits per heavy atom. The summed E-state index contributed by atoms with van der Waals surface area (Å²) in [5.41, 5.74) is 9.73. The number of nitrogens with two attached hydrogens (primary N) is 2. The third-order valence-corrected chi connectivity index (χ3v) is 11.0. The first-order chi connectivity index (χ1) is 24.3. The average Bonchev–Trinajstić information content (AvgIpc) is 3.74. The number of hydrogen-bond acceptors (Lipinski definition) is 12. The molecular weight excluding hydrogens is 715 g/mol. The van der Waals surface area contributed by atoms with Crippen molar-refractivity contribution >= 4 is 82.9 Å². The fourth-order valence-corrected chi connectivity index (χ4v) is 8.36. The molecule has 0 aliphatic carbocycles. The summed E-state index contributed by atoms with van der Waals surface area (Å²) in [6.45, 7) is 2.04. The predicted octanol–water partition coefficient (Wildman–Crippen LogP) is 3.75. The van der Waals surface area contributed by atoms with Crippen molar-refractivity contribution < 1.29 is 25.9 Å². The molecule has 8 rings (SSSR count). The van der Waals surface area contributed by atoms with Gasteiger partial charge in [-0.1, -0.05) is 54.6 Å². The first-order valence-corrected chi connectivity index (χ1v) is 18.8. The molecule has 0 amide bonds. The van der Waals surface area contributed by atoms with Crippen molar-refractivity contribution in [2.45, 2.75) is 28.2 Å². The lowest BCUT2D eigenvalue weighted by Crippen LogP contribution is -2.18. The van der Waals surface area contributed by atoms with Crippen molar-refractivity contribution in [3.63, 3.8) is 0 Å². The van der Waals surface area contributed by atoms with Gasteiger partial charge in [-0.3, -0.25) is 19.2 Å². The van der Waals surface area contributed by atoms with E-state index >= 15 is 0 Å². The third-order valence-electron chi connectivity index (χ3n) is 8.59. The maximum absolute atomic E-state index is 12.7. The number of hydrogen-bond donors (Lipinski definition) is 6. The van der Waals surface area contributed by atoms with Crippen LogP contribution in [0.4, 0.5) is 11.6 Å². The Morgan fingerprint density at radius 3 is 2.18 bits per heavy atom. The van der Waals surface area contributed by atoms with Crippen LogP contribution < -0.4 is 21.8 Å². The molecule has 0 fully saturated rings. The predicted molar refractivity (Wildman–Crippen MR) is 193 cm³/mol. The maximum atomic E-state index is 12.7. The number of aromatic nitrogens is 2.